The smallest absolute Gasteiger partial charge is 0.338 e. The second-order valence-electron chi connectivity index (χ2n) is 6.79. The molecule has 0 aliphatic rings. The normalized spacial score (nSPS) is 12.1. The number of nitrogens with one attached hydrogen (secondary N) is 1. The highest BCUT2D eigenvalue weighted by atomic mass is 32.2. The lowest BCUT2D eigenvalue weighted by Crippen LogP contribution is -2.35. The Morgan fingerprint density at radius 3 is 2.41 bits per heavy atom. The van der Waals surface area contributed by atoms with Crippen molar-refractivity contribution in [1.82, 2.24) is 5.32 Å². The maximum absolute atomic E-state index is 12.9. The minimum atomic E-state index is -3.87. The molecule has 156 valence electrons. The Balaban J connectivity index is 2.14. The van der Waals surface area contributed by atoms with Crippen molar-refractivity contribution in [3.05, 3.63) is 59.7 Å². The zero-order chi connectivity index (χ0) is 21.6. The first kappa shape index (κ1) is 22.4. The third kappa shape index (κ3) is 5.80. The minimum Gasteiger partial charge on any atom is -0.452 e. The van der Waals surface area contributed by atoms with Gasteiger partial charge in [-0.15, -0.1) is 0 Å². The van der Waals surface area contributed by atoms with Crippen molar-refractivity contribution in [2.75, 3.05) is 18.0 Å². The molecule has 0 aliphatic carbocycles. The number of nitrogens with zero attached hydrogens (tertiary/aromatic N) is 1. The third-order valence-electron chi connectivity index (χ3n) is 4.48. The number of sulfonamides is 1. The molecule has 1 atom stereocenters. The van der Waals surface area contributed by atoms with Crippen molar-refractivity contribution < 1.29 is 22.7 Å². The van der Waals surface area contributed by atoms with Crippen molar-refractivity contribution in [3.63, 3.8) is 0 Å². The summed E-state index contributed by atoms with van der Waals surface area (Å²) in [5, 5.41) is 2.69. The van der Waals surface area contributed by atoms with E-state index in [0.717, 1.165) is 16.3 Å². The predicted octanol–water partition coefficient (Wildman–Crippen LogP) is 2.89. The van der Waals surface area contributed by atoms with Crippen LogP contribution in [0.4, 0.5) is 5.69 Å². The van der Waals surface area contributed by atoms with Crippen molar-refractivity contribution in [3.8, 4) is 0 Å². The van der Waals surface area contributed by atoms with E-state index in [0.29, 0.717) is 5.69 Å². The van der Waals surface area contributed by atoms with Crippen LogP contribution in [0.25, 0.3) is 0 Å². The molecule has 0 saturated heterocycles. The number of anilines is 1. The molecule has 0 radical (unpaired) electrons. The number of hydrogen-bond donors (Lipinski definition) is 1. The highest BCUT2D eigenvalue weighted by Crippen LogP contribution is 2.23. The Morgan fingerprint density at radius 1 is 1.14 bits per heavy atom. The van der Waals surface area contributed by atoms with Crippen LogP contribution < -0.4 is 9.62 Å². The van der Waals surface area contributed by atoms with E-state index in [1.807, 2.05) is 32.9 Å². The number of carbonyl (C=O) groups is 2. The van der Waals surface area contributed by atoms with Gasteiger partial charge >= 0.3 is 5.97 Å². The van der Waals surface area contributed by atoms with E-state index in [-0.39, 0.29) is 16.5 Å². The maximum Gasteiger partial charge on any atom is 0.338 e. The van der Waals surface area contributed by atoms with Crippen LogP contribution in [0.2, 0.25) is 0 Å². The first-order valence-corrected chi connectivity index (χ1v) is 10.7. The zero-order valence-corrected chi connectivity index (χ0v) is 17.8. The van der Waals surface area contributed by atoms with Crippen molar-refractivity contribution in [2.45, 2.75) is 38.1 Å². The molecule has 0 aromatic heterocycles. The molecule has 0 bridgehead atoms. The number of hydrogen-bond acceptors (Lipinski definition) is 5. The van der Waals surface area contributed by atoms with Gasteiger partial charge in [0.15, 0.2) is 6.61 Å². The van der Waals surface area contributed by atoms with Gasteiger partial charge in [-0.2, -0.15) is 0 Å². The fourth-order valence-corrected chi connectivity index (χ4v) is 3.71. The predicted molar refractivity (Wildman–Crippen MR) is 111 cm³/mol. The summed E-state index contributed by atoms with van der Waals surface area (Å²) in [6, 6.07) is 12.6. The summed E-state index contributed by atoms with van der Waals surface area (Å²) in [6.07, 6.45) is 0.758. The van der Waals surface area contributed by atoms with Crippen LogP contribution in [0.3, 0.4) is 0 Å². The van der Waals surface area contributed by atoms with Gasteiger partial charge in [0.25, 0.3) is 15.9 Å². The fourth-order valence-electron chi connectivity index (χ4n) is 2.47. The summed E-state index contributed by atoms with van der Waals surface area (Å²) >= 11 is 0. The monoisotopic (exact) mass is 418 g/mol. The fraction of sp³-hybridized carbons (Fsp3) is 0.333. The molecule has 0 saturated carbocycles. The summed E-state index contributed by atoms with van der Waals surface area (Å²) in [5.74, 6) is -1.17. The molecule has 0 aliphatic heterocycles. The molecule has 2 rings (SSSR count). The largest absolute Gasteiger partial charge is 0.452 e. The van der Waals surface area contributed by atoms with E-state index in [1.165, 1.54) is 31.3 Å². The third-order valence-corrected chi connectivity index (χ3v) is 6.26. The molecule has 8 heteroatoms. The Labute approximate surface area is 171 Å². The van der Waals surface area contributed by atoms with Gasteiger partial charge in [0, 0.05) is 13.1 Å². The first-order chi connectivity index (χ1) is 13.6. The summed E-state index contributed by atoms with van der Waals surface area (Å²) in [4.78, 5) is 24.0. The summed E-state index contributed by atoms with van der Waals surface area (Å²) < 4.78 is 32.0. The quantitative estimate of drug-likeness (QED) is 0.666. The minimum absolute atomic E-state index is 0.0213. The highest BCUT2D eigenvalue weighted by Gasteiger charge is 2.23. The molecule has 1 amide bonds. The molecular weight excluding hydrogens is 392 g/mol. The second-order valence-corrected chi connectivity index (χ2v) is 8.76. The standard InChI is InChI=1S/C21H26N2O5S/c1-5-16(3)22-20(24)14-28-21(25)17-7-6-8-19(13-17)29(26,27)23(4)18-11-9-15(2)10-12-18/h6-13,16H,5,14H2,1-4H3,(H,22,24)/t16-/m1/s1. The number of esters is 1. The van der Waals surface area contributed by atoms with Crippen LogP contribution in [0, 0.1) is 6.92 Å². The number of amides is 1. The van der Waals surface area contributed by atoms with E-state index >= 15 is 0 Å². The van der Waals surface area contributed by atoms with Gasteiger partial charge in [0.2, 0.25) is 0 Å². The van der Waals surface area contributed by atoms with E-state index in [4.69, 9.17) is 4.74 Å². The van der Waals surface area contributed by atoms with Crippen LogP contribution in [-0.2, 0) is 19.6 Å². The Morgan fingerprint density at radius 2 is 1.79 bits per heavy atom. The van der Waals surface area contributed by atoms with E-state index in [2.05, 4.69) is 5.32 Å². The van der Waals surface area contributed by atoms with Crippen molar-refractivity contribution in [2.24, 2.45) is 0 Å². The maximum atomic E-state index is 12.9. The molecule has 2 aromatic rings. The summed E-state index contributed by atoms with van der Waals surface area (Å²) in [6.45, 7) is 5.26. The molecule has 0 fully saturated rings. The van der Waals surface area contributed by atoms with Crippen LogP contribution in [0.1, 0.15) is 36.2 Å². The molecule has 0 heterocycles. The molecular formula is C21H26N2O5S. The Hall–Kier alpha value is -2.87. The lowest BCUT2D eigenvalue weighted by molar-refractivity contribution is -0.124. The molecule has 2 aromatic carbocycles. The molecule has 1 N–H and O–H groups in total. The average molecular weight is 419 g/mol. The Kier molecular flexibility index (Phi) is 7.39. The lowest BCUT2D eigenvalue weighted by atomic mass is 10.2. The zero-order valence-electron chi connectivity index (χ0n) is 17.0. The SMILES string of the molecule is CC[C@@H](C)NC(=O)COC(=O)c1cccc(S(=O)(=O)N(C)c2ccc(C)cc2)c1. The van der Waals surface area contributed by atoms with E-state index in [9.17, 15) is 18.0 Å². The van der Waals surface area contributed by atoms with Gasteiger partial charge in [0.05, 0.1) is 16.1 Å². The van der Waals surface area contributed by atoms with Crippen LogP contribution in [0.5, 0.6) is 0 Å². The van der Waals surface area contributed by atoms with Gasteiger partial charge in [-0.3, -0.25) is 9.10 Å². The number of ether oxygens (including phenoxy) is 1. The number of benzene rings is 2. The van der Waals surface area contributed by atoms with E-state index in [1.54, 1.807) is 12.1 Å². The van der Waals surface area contributed by atoms with Crippen LogP contribution in [0.15, 0.2) is 53.4 Å². The van der Waals surface area contributed by atoms with Gasteiger partial charge in [-0.1, -0.05) is 30.7 Å². The highest BCUT2D eigenvalue weighted by molar-refractivity contribution is 7.92. The summed E-state index contributed by atoms with van der Waals surface area (Å²) in [5.41, 5.74) is 1.58. The van der Waals surface area contributed by atoms with Crippen molar-refractivity contribution in [1.29, 1.82) is 0 Å². The first-order valence-electron chi connectivity index (χ1n) is 9.27. The molecule has 0 spiro atoms. The number of aryl methyl sites for hydroxylation is 1. The molecule has 7 nitrogen and oxygen atoms in total. The van der Waals surface area contributed by atoms with Gasteiger partial charge in [0.1, 0.15) is 0 Å². The van der Waals surface area contributed by atoms with Gasteiger partial charge in [-0.05, 0) is 50.6 Å². The Bertz CT molecular complexity index is 971. The summed E-state index contributed by atoms with van der Waals surface area (Å²) in [7, 11) is -2.42. The topological polar surface area (TPSA) is 92.8 Å². The lowest BCUT2D eigenvalue weighted by Gasteiger charge is -2.20. The van der Waals surface area contributed by atoms with Gasteiger partial charge in [-0.25, -0.2) is 13.2 Å². The van der Waals surface area contributed by atoms with Gasteiger partial charge < -0.3 is 10.1 Å². The van der Waals surface area contributed by atoms with E-state index < -0.39 is 28.5 Å². The second kappa shape index (κ2) is 9.56. The number of carbonyl (C=O) groups excluding carboxylic acids is 2. The van der Waals surface area contributed by atoms with Crippen molar-refractivity contribution >= 4 is 27.6 Å². The van der Waals surface area contributed by atoms with Crippen LogP contribution in [-0.4, -0.2) is 40.0 Å². The van der Waals surface area contributed by atoms with Crippen LogP contribution >= 0.6 is 0 Å². The average Bonchev–Trinajstić information content (AvgIpc) is 2.72. The molecule has 29 heavy (non-hydrogen) atoms. The molecule has 0 unspecified atom stereocenters. The number of rotatable bonds is 8.